The molecule has 16 heteroatoms. The van der Waals surface area contributed by atoms with E-state index in [-0.39, 0.29) is 59.2 Å². The number of fused-ring (bicyclic) bond motifs is 1. The van der Waals surface area contributed by atoms with E-state index in [9.17, 15) is 18.8 Å². The predicted octanol–water partition coefficient (Wildman–Crippen LogP) is 4.98. The van der Waals surface area contributed by atoms with Gasteiger partial charge in [0.2, 0.25) is 5.91 Å². The van der Waals surface area contributed by atoms with Gasteiger partial charge in [-0.1, -0.05) is 6.58 Å². The summed E-state index contributed by atoms with van der Waals surface area (Å²) >= 11 is 2.74. The van der Waals surface area contributed by atoms with E-state index in [0.29, 0.717) is 23.3 Å². The van der Waals surface area contributed by atoms with E-state index < -0.39 is 62.3 Å². The molecule has 1 spiro atoms. The minimum atomic E-state index is -5.03. The lowest BCUT2D eigenvalue weighted by Crippen LogP contribution is -2.58. The monoisotopic (exact) mass is 678 g/mol. The number of hydrogen-bond acceptors (Lipinski definition) is 7. The van der Waals surface area contributed by atoms with Crippen molar-refractivity contribution in [3.8, 4) is 11.1 Å². The third kappa shape index (κ3) is 4.66. The molecule has 3 aliphatic heterocycles. The van der Waals surface area contributed by atoms with Crippen molar-refractivity contribution in [2.45, 2.75) is 43.5 Å². The highest BCUT2D eigenvalue weighted by Gasteiger charge is 2.45. The number of halogens is 5. The van der Waals surface area contributed by atoms with Gasteiger partial charge in [0.1, 0.15) is 17.2 Å². The summed E-state index contributed by atoms with van der Waals surface area (Å²) in [7, 11) is 0. The van der Waals surface area contributed by atoms with Crippen LogP contribution in [0, 0.1) is 17.0 Å². The molecule has 0 saturated carbocycles. The number of anilines is 1. The third-order valence-corrected chi connectivity index (χ3v) is 12.0. The number of piperazine rings is 1. The number of benzene rings is 2. The Bertz CT molecular complexity index is 2070. The van der Waals surface area contributed by atoms with Crippen LogP contribution in [-0.2, 0) is 17.5 Å². The second-order valence-corrected chi connectivity index (χ2v) is 14.2. The summed E-state index contributed by atoms with van der Waals surface area (Å²) in [5, 5.41) is 0.0476. The van der Waals surface area contributed by atoms with E-state index >= 15 is 17.6 Å². The second-order valence-electron chi connectivity index (χ2n) is 12.2. The number of nitrogens with zero attached hydrogens (tertiary/aromatic N) is 4. The summed E-state index contributed by atoms with van der Waals surface area (Å²) in [4.78, 5) is 50.8. The van der Waals surface area contributed by atoms with Crippen LogP contribution < -0.4 is 16.3 Å². The molecule has 0 bridgehead atoms. The van der Waals surface area contributed by atoms with Crippen molar-refractivity contribution < 1.29 is 26.7 Å². The molecule has 2 aromatic carbocycles. The standard InChI is InChI=1S/C30H27F5N6O3S2/c1-4-19(42)41-13(2)7-39(8-14(41)3)26-15-5-16(30(33,34)35)20(21-17(31)6-18(32)22-23(21)37-27(43)36-22)25-24(15)40(28(44)38-26)9-29(12-46-25)10-45-11-29/h4-6,13-14H,1,7-12H2,2-3H3,(H2,36,37,43)/t13-,14+. The minimum absolute atomic E-state index is 0.00484. The summed E-state index contributed by atoms with van der Waals surface area (Å²) in [6.07, 6.45) is -3.83. The zero-order valence-corrected chi connectivity index (χ0v) is 26.2. The molecule has 7 rings (SSSR count). The fraction of sp³-hybridized carbons (Fsp3) is 0.400. The van der Waals surface area contributed by atoms with Crippen LogP contribution in [0.15, 0.2) is 39.3 Å². The maximum absolute atomic E-state index is 15.8. The van der Waals surface area contributed by atoms with Crippen LogP contribution in [0.5, 0.6) is 0 Å². The smallest absolute Gasteiger partial charge is 0.352 e. The molecule has 2 fully saturated rings. The molecule has 0 radical (unpaired) electrons. The van der Waals surface area contributed by atoms with Gasteiger partial charge in [0.15, 0.2) is 5.82 Å². The first-order valence-electron chi connectivity index (χ1n) is 14.4. The van der Waals surface area contributed by atoms with Gasteiger partial charge in [0.05, 0.1) is 16.6 Å². The van der Waals surface area contributed by atoms with E-state index in [1.54, 1.807) is 35.4 Å². The predicted molar refractivity (Wildman–Crippen MR) is 167 cm³/mol. The lowest BCUT2D eigenvalue weighted by atomic mass is 9.93. The fourth-order valence-corrected chi connectivity index (χ4v) is 9.86. The fourth-order valence-electron chi connectivity index (χ4n) is 6.97. The van der Waals surface area contributed by atoms with Crippen LogP contribution in [0.4, 0.5) is 27.8 Å². The molecular weight excluding hydrogens is 651 g/mol. The molecule has 2 saturated heterocycles. The van der Waals surface area contributed by atoms with Crippen molar-refractivity contribution >= 4 is 57.2 Å². The molecular formula is C30H27F5N6O3S2. The number of thioether (sulfide) groups is 2. The first-order chi connectivity index (χ1) is 21.7. The van der Waals surface area contributed by atoms with Crippen LogP contribution in [0.1, 0.15) is 19.4 Å². The number of hydrogen-bond donors (Lipinski definition) is 2. The number of aromatic amines is 2. The van der Waals surface area contributed by atoms with Crippen molar-refractivity contribution in [2.75, 3.05) is 35.2 Å². The van der Waals surface area contributed by atoms with Gasteiger partial charge in [-0.2, -0.15) is 29.9 Å². The van der Waals surface area contributed by atoms with Gasteiger partial charge in [0.25, 0.3) is 0 Å². The highest BCUT2D eigenvalue weighted by molar-refractivity contribution is 8.01. The number of alkyl halides is 3. The normalized spacial score (nSPS) is 21.1. The zero-order valence-electron chi connectivity index (χ0n) is 24.6. The zero-order chi connectivity index (χ0) is 32.9. The first kappa shape index (κ1) is 30.8. The quantitative estimate of drug-likeness (QED) is 0.233. The number of amides is 1. The van der Waals surface area contributed by atoms with Crippen LogP contribution in [0.3, 0.4) is 0 Å². The van der Waals surface area contributed by atoms with E-state index in [1.807, 2.05) is 0 Å². The molecule has 242 valence electrons. The average molecular weight is 679 g/mol. The van der Waals surface area contributed by atoms with Crippen LogP contribution in [-0.4, -0.2) is 72.8 Å². The minimum Gasteiger partial charge on any atom is -0.352 e. The van der Waals surface area contributed by atoms with Crippen molar-refractivity contribution in [2.24, 2.45) is 5.41 Å². The van der Waals surface area contributed by atoms with Gasteiger partial charge in [-0.3, -0.25) is 9.36 Å². The molecule has 1 amide bonds. The Labute approximate surface area is 266 Å². The van der Waals surface area contributed by atoms with Crippen molar-refractivity contribution in [3.63, 3.8) is 0 Å². The highest BCUT2D eigenvalue weighted by Crippen LogP contribution is 2.53. The SMILES string of the molecule is C=CC(=O)N1[C@H](C)CN(c2nc(=O)n3c4c(c(-c5c(F)cc(F)c6[nH]c(=O)[nH]c56)c(C(F)(F)F)cc24)SCC2(CSC2)C3)C[C@@H]1C. The molecule has 0 aliphatic carbocycles. The Kier molecular flexibility index (Phi) is 7.12. The van der Waals surface area contributed by atoms with E-state index in [0.717, 1.165) is 17.8 Å². The molecule has 46 heavy (non-hydrogen) atoms. The van der Waals surface area contributed by atoms with Crippen molar-refractivity contribution in [1.29, 1.82) is 0 Å². The number of imidazole rings is 1. The Morgan fingerprint density at radius 3 is 2.33 bits per heavy atom. The highest BCUT2D eigenvalue weighted by atomic mass is 32.2. The van der Waals surface area contributed by atoms with Crippen molar-refractivity contribution in [3.05, 3.63) is 63.0 Å². The molecule has 9 nitrogen and oxygen atoms in total. The summed E-state index contributed by atoms with van der Waals surface area (Å²) in [6, 6.07) is 0.543. The maximum Gasteiger partial charge on any atom is 0.417 e. The number of carbonyl (C=O) groups excluding carboxylic acids is 1. The summed E-state index contributed by atoms with van der Waals surface area (Å²) in [5.41, 5.74) is -5.17. The lowest BCUT2D eigenvalue weighted by Gasteiger charge is -2.44. The second kappa shape index (κ2) is 10.6. The Hall–Kier alpha value is -3.79. The Balaban J connectivity index is 1.57. The number of nitrogens with one attached hydrogen (secondary N) is 2. The lowest BCUT2D eigenvalue weighted by molar-refractivity contribution is -0.137. The third-order valence-electron chi connectivity index (χ3n) is 8.94. The van der Waals surface area contributed by atoms with Crippen LogP contribution >= 0.6 is 23.5 Å². The number of H-pyrrole nitrogens is 2. The maximum atomic E-state index is 15.8. The van der Waals surface area contributed by atoms with Gasteiger partial charge in [0, 0.05) is 81.9 Å². The topological polar surface area (TPSA) is 107 Å². The van der Waals surface area contributed by atoms with Crippen LogP contribution in [0.2, 0.25) is 0 Å². The molecule has 5 heterocycles. The van der Waals surface area contributed by atoms with Gasteiger partial charge in [-0.05, 0) is 26.0 Å². The van der Waals surface area contributed by atoms with Gasteiger partial charge >= 0.3 is 17.6 Å². The number of rotatable bonds is 3. The Morgan fingerprint density at radius 2 is 1.72 bits per heavy atom. The summed E-state index contributed by atoms with van der Waals surface area (Å²) in [5.74, 6) is -1.04. The molecule has 2 N–H and O–H groups in total. The van der Waals surface area contributed by atoms with Gasteiger partial charge in [-0.25, -0.2) is 18.4 Å². The molecule has 0 unspecified atom stereocenters. The molecule has 2 aromatic heterocycles. The molecule has 4 aromatic rings. The largest absolute Gasteiger partial charge is 0.417 e. The van der Waals surface area contributed by atoms with E-state index in [2.05, 4.69) is 21.5 Å². The van der Waals surface area contributed by atoms with Gasteiger partial charge in [-0.15, -0.1) is 11.8 Å². The number of carbonyl (C=O) groups is 1. The van der Waals surface area contributed by atoms with Crippen LogP contribution in [0.25, 0.3) is 33.1 Å². The van der Waals surface area contributed by atoms with E-state index in [1.165, 1.54) is 10.6 Å². The summed E-state index contributed by atoms with van der Waals surface area (Å²) in [6.45, 7) is 7.70. The first-order valence-corrected chi connectivity index (χ1v) is 16.6. The molecule has 3 aliphatic rings. The Morgan fingerprint density at radius 1 is 1.04 bits per heavy atom. The summed E-state index contributed by atoms with van der Waals surface area (Å²) < 4.78 is 77.4. The van der Waals surface area contributed by atoms with Crippen molar-refractivity contribution in [1.82, 2.24) is 24.4 Å². The van der Waals surface area contributed by atoms with E-state index in [4.69, 9.17) is 0 Å². The average Bonchev–Trinajstić information content (AvgIpc) is 3.24. The van der Waals surface area contributed by atoms with Gasteiger partial charge < -0.3 is 19.8 Å². The molecule has 2 atom stereocenters. The number of aromatic nitrogens is 4.